The van der Waals surface area contributed by atoms with E-state index in [9.17, 15) is 4.39 Å². The lowest BCUT2D eigenvalue weighted by atomic mass is 10.0. The van der Waals surface area contributed by atoms with Crippen LogP contribution in [-0.2, 0) is 7.05 Å². The third kappa shape index (κ3) is 4.52. The van der Waals surface area contributed by atoms with Crippen LogP contribution in [0.3, 0.4) is 0 Å². The lowest BCUT2D eigenvalue weighted by molar-refractivity contribution is 0.237. The molecule has 1 aliphatic rings. The van der Waals surface area contributed by atoms with Crippen molar-refractivity contribution >= 4 is 21.8 Å². The van der Waals surface area contributed by atoms with Crippen molar-refractivity contribution in [1.29, 1.82) is 0 Å². The highest BCUT2D eigenvalue weighted by atomic mass is 19.1. The van der Waals surface area contributed by atoms with E-state index < -0.39 is 0 Å². The van der Waals surface area contributed by atoms with Crippen LogP contribution in [-0.4, -0.2) is 66.1 Å². The number of aromatic amines is 2. The lowest BCUT2D eigenvalue weighted by Gasteiger charge is -2.15. The maximum absolute atomic E-state index is 14.7. The number of H-pyrrole nitrogens is 2. The first-order valence-corrected chi connectivity index (χ1v) is 13.1. The largest absolute Gasteiger partial charge is 0.492 e. The summed E-state index contributed by atoms with van der Waals surface area (Å²) in [7, 11) is 1.88. The Morgan fingerprint density at radius 1 is 0.949 bits per heavy atom. The number of benzene rings is 1. The molecule has 0 spiro atoms. The average molecular weight is 523 g/mol. The summed E-state index contributed by atoms with van der Waals surface area (Å²) in [5.74, 6) is 0.177. The maximum Gasteiger partial charge on any atom is 0.127 e. The van der Waals surface area contributed by atoms with E-state index in [1.807, 2.05) is 31.4 Å². The molecule has 0 saturated carbocycles. The van der Waals surface area contributed by atoms with Gasteiger partial charge in [0.1, 0.15) is 23.9 Å². The van der Waals surface area contributed by atoms with E-state index in [2.05, 4.69) is 35.1 Å². The molecule has 5 aromatic heterocycles. The average Bonchev–Trinajstić information content (AvgIpc) is 3.74. The summed E-state index contributed by atoms with van der Waals surface area (Å²) in [6.45, 7) is 3.59. The number of likely N-dealkylation sites (tertiary alicyclic amines) is 1. The molecule has 2 N–H and O–H groups in total. The summed E-state index contributed by atoms with van der Waals surface area (Å²) in [6, 6.07) is 8.88. The molecule has 39 heavy (non-hydrogen) atoms. The summed E-state index contributed by atoms with van der Waals surface area (Å²) in [6.07, 6.45) is 11.5. The molecule has 1 saturated heterocycles. The molecule has 0 amide bonds. The molecule has 1 fully saturated rings. The maximum atomic E-state index is 14.7. The molecule has 6 heterocycles. The molecule has 0 aliphatic carbocycles. The van der Waals surface area contributed by atoms with Gasteiger partial charge in [-0.2, -0.15) is 10.2 Å². The summed E-state index contributed by atoms with van der Waals surface area (Å²) in [5.41, 5.74) is 6.53. The van der Waals surface area contributed by atoms with Crippen LogP contribution in [0.5, 0.6) is 5.75 Å². The van der Waals surface area contributed by atoms with Gasteiger partial charge in [-0.3, -0.25) is 24.6 Å². The van der Waals surface area contributed by atoms with Crippen LogP contribution in [0.2, 0.25) is 0 Å². The molecule has 6 aromatic rings. The zero-order chi connectivity index (χ0) is 26.3. The number of rotatable bonds is 7. The molecule has 196 valence electrons. The van der Waals surface area contributed by atoms with Crippen molar-refractivity contribution in [3.05, 3.63) is 67.1 Å². The van der Waals surface area contributed by atoms with Crippen molar-refractivity contribution in [1.82, 2.24) is 39.8 Å². The zero-order valence-corrected chi connectivity index (χ0v) is 21.5. The van der Waals surface area contributed by atoms with Crippen LogP contribution in [0.15, 0.2) is 61.3 Å². The summed E-state index contributed by atoms with van der Waals surface area (Å²) in [5, 5.41) is 13.8. The quantitative estimate of drug-likeness (QED) is 0.300. The number of fused-ring (bicyclic) bond motifs is 2. The number of ether oxygens (including phenoxy) is 1. The van der Waals surface area contributed by atoms with E-state index in [0.29, 0.717) is 17.9 Å². The molecular weight excluding hydrogens is 495 g/mol. The number of hydrogen-bond donors (Lipinski definition) is 2. The van der Waals surface area contributed by atoms with Crippen LogP contribution < -0.4 is 4.74 Å². The van der Waals surface area contributed by atoms with Crippen molar-refractivity contribution in [2.75, 3.05) is 26.2 Å². The fourth-order valence-electron chi connectivity index (χ4n) is 5.34. The van der Waals surface area contributed by atoms with Gasteiger partial charge in [-0.15, -0.1) is 0 Å². The van der Waals surface area contributed by atoms with E-state index in [0.717, 1.165) is 69.6 Å². The SMILES string of the molecule is Cn1cc(-c2cc3c(-c4cc5c(-c6cc(F)cc(OCCN7CCCC7)c6)cncc5[nH]4)n[nH]c3cn2)cn1. The number of halogens is 1. The van der Waals surface area contributed by atoms with Gasteiger partial charge in [-0.1, -0.05) is 0 Å². The Labute approximate surface area is 223 Å². The minimum Gasteiger partial charge on any atom is -0.492 e. The number of nitrogens with zero attached hydrogens (tertiary/aromatic N) is 6. The van der Waals surface area contributed by atoms with Gasteiger partial charge in [-0.05, 0) is 55.8 Å². The monoisotopic (exact) mass is 522 g/mol. The molecule has 0 bridgehead atoms. The number of hydrogen-bond acceptors (Lipinski definition) is 6. The highest BCUT2D eigenvalue weighted by Crippen LogP contribution is 2.35. The minimum absolute atomic E-state index is 0.342. The Hall–Kier alpha value is -4.57. The predicted octanol–water partition coefficient (Wildman–Crippen LogP) is 5.18. The first kappa shape index (κ1) is 23.5. The van der Waals surface area contributed by atoms with E-state index in [1.54, 1.807) is 29.5 Å². The highest BCUT2D eigenvalue weighted by Gasteiger charge is 2.17. The fourth-order valence-corrected chi connectivity index (χ4v) is 5.34. The molecule has 7 rings (SSSR count). The van der Waals surface area contributed by atoms with Crippen molar-refractivity contribution in [3.8, 4) is 39.5 Å². The highest BCUT2D eigenvalue weighted by molar-refractivity contribution is 6.01. The fraction of sp³-hybridized carbons (Fsp3) is 0.241. The van der Waals surface area contributed by atoms with Crippen molar-refractivity contribution in [2.24, 2.45) is 7.05 Å². The smallest absolute Gasteiger partial charge is 0.127 e. The minimum atomic E-state index is -0.342. The number of pyridine rings is 2. The number of nitrogens with one attached hydrogen (secondary N) is 2. The Morgan fingerprint density at radius 2 is 1.85 bits per heavy atom. The van der Waals surface area contributed by atoms with Gasteiger partial charge in [0.05, 0.1) is 41.0 Å². The van der Waals surface area contributed by atoms with Gasteiger partial charge in [-0.25, -0.2) is 4.39 Å². The second-order valence-electron chi connectivity index (χ2n) is 9.99. The molecule has 1 aromatic carbocycles. The Kier molecular flexibility index (Phi) is 5.81. The van der Waals surface area contributed by atoms with E-state index in [-0.39, 0.29) is 5.82 Å². The van der Waals surface area contributed by atoms with Gasteiger partial charge in [0, 0.05) is 54.0 Å². The summed E-state index contributed by atoms with van der Waals surface area (Å²) in [4.78, 5) is 14.8. The van der Waals surface area contributed by atoms with Crippen molar-refractivity contribution in [3.63, 3.8) is 0 Å². The van der Waals surface area contributed by atoms with Crippen LogP contribution in [0.25, 0.3) is 55.6 Å². The van der Waals surface area contributed by atoms with E-state index in [4.69, 9.17) is 4.74 Å². The second kappa shape index (κ2) is 9.63. The number of aryl methyl sites for hydroxylation is 1. The summed E-state index contributed by atoms with van der Waals surface area (Å²) < 4.78 is 22.4. The Balaban J connectivity index is 1.23. The first-order valence-electron chi connectivity index (χ1n) is 13.1. The van der Waals surface area contributed by atoms with Crippen molar-refractivity contribution < 1.29 is 9.13 Å². The third-order valence-corrected chi connectivity index (χ3v) is 7.31. The molecule has 0 radical (unpaired) electrons. The first-order chi connectivity index (χ1) is 19.1. The Bertz CT molecular complexity index is 1800. The topological polar surface area (TPSA) is 101 Å². The van der Waals surface area contributed by atoms with Crippen LogP contribution in [0.4, 0.5) is 4.39 Å². The molecular formula is C29H27FN8O. The molecule has 1 aliphatic heterocycles. The molecule has 0 unspecified atom stereocenters. The van der Waals surface area contributed by atoms with Crippen LogP contribution in [0.1, 0.15) is 12.8 Å². The van der Waals surface area contributed by atoms with Crippen molar-refractivity contribution in [2.45, 2.75) is 12.8 Å². The summed E-state index contributed by atoms with van der Waals surface area (Å²) >= 11 is 0. The van der Waals surface area contributed by atoms with Crippen LogP contribution >= 0.6 is 0 Å². The molecule has 10 heteroatoms. The van der Waals surface area contributed by atoms with Crippen LogP contribution in [0, 0.1) is 5.82 Å². The van der Waals surface area contributed by atoms with Gasteiger partial charge in [0.15, 0.2) is 0 Å². The third-order valence-electron chi connectivity index (χ3n) is 7.31. The van der Waals surface area contributed by atoms with Gasteiger partial charge in [0.2, 0.25) is 0 Å². The zero-order valence-electron chi connectivity index (χ0n) is 21.5. The lowest BCUT2D eigenvalue weighted by Crippen LogP contribution is -2.25. The van der Waals surface area contributed by atoms with E-state index >= 15 is 0 Å². The second-order valence-corrected chi connectivity index (χ2v) is 9.99. The van der Waals surface area contributed by atoms with Gasteiger partial charge in [0.25, 0.3) is 0 Å². The number of aromatic nitrogens is 7. The Morgan fingerprint density at radius 3 is 2.69 bits per heavy atom. The molecule has 0 atom stereocenters. The normalized spacial score (nSPS) is 14.1. The van der Waals surface area contributed by atoms with E-state index in [1.165, 1.54) is 25.0 Å². The predicted molar refractivity (Wildman–Crippen MR) is 148 cm³/mol. The standard InChI is InChI=1S/C29H27FN8O/c1-37-17-19(13-33-37)25-12-23-28(16-32-25)35-36-29(23)26-11-22-24(14-31-15-27(22)34-26)18-8-20(30)10-21(9-18)39-7-6-38-4-2-3-5-38/h8-17,34H,2-7H2,1H3,(H,35,36). The molecule has 9 nitrogen and oxygen atoms in total. The van der Waals surface area contributed by atoms with Gasteiger partial charge < -0.3 is 9.72 Å². The van der Waals surface area contributed by atoms with Gasteiger partial charge >= 0.3 is 0 Å².